The summed E-state index contributed by atoms with van der Waals surface area (Å²) in [5.41, 5.74) is 1.27. The number of benzene rings is 1. The highest BCUT2D eigenvalue weighted by Gasteiger charge is 2.35. The Bertz CT molecular complexity index is 713. The molecule has 2 N–H and O–H groups in total. The molecule has 1 aromatic carbocycles. The zero-order valence-electron chi connectivity index (χ0n) is 20.4. The van der Waals surface area contributed by atoms with Crippen molar-refractivity contribution in [1.29, 1.82) is 0 Å². The van der Waals surface area contributed by atoms with Gasteiger partial charge < -0.3 is 24.8 Å². The van der Waals surface area contributed by atoms with Gasteiger partial charge in [-0.3, -0.25) is 9.89 Å². The van der Waals surface area contributed by atoms with Gasteiger partial charge in [0.1, 0.15) is 12.4 Å². The minimum atomic E-state index is 0.140. The molecule has 2 heterocycles. The zero-order chi connectivity index (χ0) is 22.8. The van der Waals surface area contributed by atoms with E-state index in [0.29, 0.717) is 19.1 Å². The second kappa shape index (κ2) is 12.4. The molecule has 32 heavy (non-hydrogen) atoms. The van der Waals surface area contributed by atoms with Crippen LogP contribution < -0.4 is 15.4 Å². The third-order valence-electron chi connectivity index (χ3n) is 6.24. The van der Waals surface area contributed by atoms with Crippen molar-refractivity contribution in [2.24, 2.45) is 16.3 Å². The van der Waals surface area contributed by atoms with Crippen LogP contribution in [0.4, 0.5) is 0 Å². The maximum atomic E-state index is 6.12. The molecular formula is C25H42N4O3. The third-order valence-corrected chi connectivity index (χ3v) is 6.24. The van der Waals surface area contributed by atoms with Crippen LogP contribution >= 0.6 is 0 Å². The lowest BCUT2D eigenvalue weighted by atomic mass is 9.78. The van der Waals surface area contributed by atoms with Gasteiger partial charge in [0.05, 0.1) is 19.3 Å². The van der Waals surface area contributed by atoms with Crippen molar-refractivity contribution in [3.8, 4) is 5.75 Å². The second-order valence-corrected chi connectivity index (χ2v) is 9.78. The number of guanidine groups is 1. The molecule has 1 aromatic rings. The molecule has 7 nitrogen and oxygen atoms in total. The van der Waals surface area contributed by atoms with Crippen molar-refractivity contribution in [1.82, 2.24) is 15.5 Å². The molecule has 0 aliphatic carbocycles. The Morgan fingerprint density at radius 2 is 1.94 bits per heavy atom. The van der Waals surface area contributed by atoms with Crippen LogP contribution in [-0.4, -0.2) is 76.6 Å². The molecule has 2 fully saturated rings. The van der Waals surface area contributed by atoms with Crippen LogP contribution in [-0.2, 0) is 16.0 Å². The van der Waals surface area contributed by atoms with E-state index in [1.54, 1.807) is 0 Å². The number of rotatable bonds is 8. The molecule has 2 saturated heterocycles. The first kappa shape index (κ1) is 24.8. The van der Waals surface area contributed by atoms with Crippen LogP contribution in [0.2, 0.25) is 0 Å². The number of para-hydroxylation sites is 1. The highest BCUT2D eigenvalue weighted by Crippen LogP contribution is 2.33. The summed E-state index contributed by atoms with van der Waals surface area (Å²) >= 11 is 0. The van der Waals surface area contributed by atoms with E-state index in [2.05, 4.69) is 53.4 Å². The van der Waals surface area contributed by atoms with Gasteiger partial charge in [0.25, 0.3) is 0 Å². The van der Waals surface area contributed by atoms with Gasteiger partial charge in [0.15, 0.2) is 5.96 Å². The van der Waals surface area contributed by atoms with Gasteiger partial charge in [0, 0.05) is 57.9 Å². The van der Waals surface area contributed by atoms with Crippen molar-refractivity contribution in [3.63, 3.8) is 0 Å². The largest absolute Gasteiger partial charge is 0.492 e. The minimum absolute atomic E-state index is 0.140. The average molecular weight is 447 g/mol. The highest BCUT2D eigenvalue weighted by molar-refractivity contribution is 5.79. The summed E-state index contributed by atoms with van der Waals surface area (Å²) in [5, 5.41) is 6.97. The summed E-state index contributed by atoms with van der Waals surface area (Å²) < 4.78 is 17.6. The predicted octanol–water partition coefficient (Wildman–Crippen LogP) is 2.90. The van der Waals surface area contributed by atoms with Crippen LogP contribution in [0.25, 0.3) is 0 Å². The molecule has 2 aliphatic rings. The Hall–Kier alpha value is -1.83. The van der Waals surface area contributed by atoms with Crippen LogP contribution in [0.5, 0.6) is 5.75 Å². The van der Waals surface area contributed by atoms with Gasteiger partial charge in [-0.2, -0.15) is 0 Å². The summed E-state index contributed by atoms with van der Waals surface area (Å²) in [4.78, 5) is 6.81. The van der Waals surface area contributed by atoms with E-state index in [1.165, 1.54) is 6.42 Å². The SMILES string of the molecule is CN=C(NCc1ccccc1OCCN1CCOCC1)NCC1CCCOC1C(C)(C)C. The lowest BCUT2D eigenvalue weighted by molar-refractivity contribution is -0.0835. The molecule has 0 amide bonds. The Morgan fingerprint density at radius 1 is 1.16 bits per heavy atom. The van der Waals surface area contributed by atoms with E-state index in [9.17, 15) is 0 Å². The maximum Gasteiger partial charge on any atom is 0.191 e. The molecular weight excluding hydrogens is 404 g/mol. The number of aliphatic imine (C=N–C) groups is 1. The molecule has 0 saturated carbocycles. The smallest absolute Gasteiger partial charge is 0.191 e. The second-order valence-electron chi connectivity index (χ2n) is 9.78. The van der Waals surface area contributed by atoms with Crippen molar-refractivity contribution in [2.75, 3.05) is 59.7 Å². The van der Waals surface area contributed by atoms with Crippen molar-refractivity contribution in [3.05, 3.63) is 29.8 Å². The fourth-order valence-electron chi connectivity index (χ4n) is 4.54. The Labute approximate surface area is 193 Å². The van der Waals surface area contributed by atoms with Gasteiger partial charge in [-0.15, -0.1) is 0 Å². The van der Waals surface area contributed by atoms with Gasteiger partial charge in [-0.05, 0) is 24.3 Å². The van der Waals surface area contributed by atoms with E-state index in [1.807, 2.05) is 19.2 Å². The molecule has 0 aromatic heterocycles. The number of ether oxygens (including phenoxy) is 3. The number of hydrogen-bond donors (Lipinski definition) is 2. The van der Waals surface area contributed by atoms with Crippen LogP contribution in [0.3, 0.4) is 0 Å². The quantitative estimate of drug-likeness (QED) is 0.473. The number of nitrogens with zero attached hydrogens (tertiary/aromatic N) is 2. The predicted molar refractivity (Wildman–Crippen MR) is 129 cm³/mol. The summed E-state index contributed by atoms with van der Waals surface area (Å²) in [7, 11) is 1.82. The molecule has 180 valence electrons. The van der Waals surface area contributed by atoms with Crippen LogP contribution in [0, 0.1) is 11.3 Å². The molecule has 2 unspecified atom stereocenters. The third kappa shape index (κ3) is 7.64. The summed E-state index contributed by atoms with van der Waals surface area (Å²) in [5.74, 6) is 2.22. The first-order valence-corrected chi connectivity index (χ1v) is 12.0. The van der Waals surface area contributed by atoms with Crippen molar-refractivity contribution in [2.45, 2.75) is 46.3 Å². The lowest BCUT2D eigenvalue weighted by Gasteiger charge is -2.40. The molecule has 7 heteroatoms. The zero-order valence-corrected chi connectivity index (χ0v) is 20.4. The van der Waals surface area contributed by atoms with E-state index in [-0.39, 0.29) is 11.5 Å². The van der Waals surface area contributed by atoms with E-state index in [0.717, 1.165) is 69.7 Å². The maximum absolute atomic E-state index is 6.12. The monoisotopic (exact) mass is 446 g/mol. The molecule has 0 radical (unpaired) electrons. The standard InChI is InChI=1S/C25H42N4O3/c1-25(2,3)23-21(9-7-14-32-23)19-28-24(26-4)27-18-20-8-5-6-10-22(20)31-17-13-29-11-15-30-16-12-29/h5-6,8,10,21,23H,7,9,11-19H2,1-4H3,(H2,26,27,28). The average Bonchev–Trinajstić information content (AvgIpc) is 2.80. The topological polar surface area (TPSA) is 67.4 Å². The highest BCUT2D eigenvalue weighted by atomic mass is 16.5. The van der Waals surface area contributed by atoms with Gasteiger partial charge in [0.2, 0.25) is 0 Å². The van der Waals surface area contributed by atoms with Crippen LogP contribution in [0.1, 0.15) is 39.2 Å². The Morgan fingerprint density at radius 3 is 2.69 bits per heavy atom. The van der Waals surface area contributed by atoms with E-state index >= 15 is 0 Å². The Kier molecular flexibility index (Phi) is 9.63. The molecule has 0 spiro atoms. The fourth-order valence-corrected chi connectivity index (χ4v) is 4.54. The summed E-state index contributed by atoms with van der Waals surface area (Å²) in [6.07, 6.45) is 2.58. The molecule has 0 bridgehead atoms. The van der Waals surface area contributed by atoms with Gasteiger partial charge in [-0.1, -0.05) is 39.0 Å². The lowest BCUT2D eigenvalue weighted by Crippen LogP contribution is -2.47. The number of morpholine rings is 1. The van der Waals surface area contributed by atoms with Crippen molar-refractivity contribution < 1.29 is 14.2 Å². The van der Waals surface area contributed by atoms with E-state index < -0.39 is 0 Å². The number of nitrogens with one attached hydrogen (secondary N) is 2. The van der Waals surface area contributed by atoms with Gasteiger partial charge in [-0.25, -0.2) is 0 Å². The fraction of sp³-hybridized carbons (Fsp3) is 0.720. The number of hydrogen-bond acceptors (Lipinski definition) is 5. The summed E-state index contributed by atoms with van der Waals surface area (Å²) in [6.45, 7) is 14.4. The van der Waals surface area contributed by atoms with E-state index in [4.69, 9.17) is 14.2 Å². The van der Waals surface area contributed by atoms with Crippen molar-refractivity contribution >= 4 is 5.96 Å². The summed E-state index contributed by atoms with van der Waals surface area (Å²) in [6, 6.07) is 8.22. The molecule has 3 rings (SSSR count). The Balaban J connectivity index is 1.47. The first-order chi connectivity index (χ1) is 15.5. The molecule has 2 aliphatic heterocycles. The van der Waals surface area contributed by atoms with Gasteiger partial charge >= 0.3 is 0 Å². The normalized spacial score (nSPS) is 23.1. The first-order valence-electron chi connectivity index (χ1n) is 12.0. The minimum Gasteiger partial charge on any atom is -0.492 e. The molecule has 2 atom stereocenters. The van der Waals surface area contributed by atoms with Crippen LogP contribution in [0.15, 0.2) is 29.3 Å².